The van der Waals surface area contributed by atoms with Crippen molar-refractivity contribution in [3.8, 4) is 5.75 Å². The Kier molecular flexibility index (Phi) is 6.85. The van der Waals surface area contributed by atoms with E-state index in [0.29, 0.717) is 12.2 Å². The molecule has 0 aromatic heterocycles. The first-order valence-corrected chi connectivity index (χ1v) is 8.43. The van der Waals surface area contributed by atoms with E-state index in [1.165, 1.54) is 5.56 Å². The van der Waals surface area contributed by atoms with Crippen molar-refractivity contribution in [2.45, 2.75) is 26.5 Å². The number of aryl methyl sites for hydroxylation is 1. The molecule has 134 valence electrons. The molecule has 1 heterocycles. The third kappa shape index (κ3) is 4.97. The smallest absolute Gasteiger partial charge is 0.254 e. The molecule has 5 heteroatoms. The molecule has 1 amide bonds. The van der Waals surface area contributed by atoms with Crippen LogP contribution in [0, 0.1) is 6.92 Å². The minimum atomic E-state index is 0. The largest absolute Gasteiger partial charge is 0.489 e. The van der Waals surface area contributed by atoms with Crippen LogP contribution in [-0.4, -0.2) is 36.5 Å². The van der Waals surface area contributed by atoms with Crippen molar-refractivity contribution in [1.82, 2.24) is 10.2 Å². The fourth-order valence-corrected chi connectivity index (χ4v) is 3.00. The molecule has 0 aliphatic carbocycles. The maximum absolute atomic E-state index is 12.7. The summed E-state index contributed by atoms with van der Waals surface area (Å²) in [5.74, 6) is 0.801. The second-order valence-electron chi connectivity index (χ2n) is 6.36. The molecule has 4 nitrogen and oxygen atoms in total. The van der Waals surface area contributed by atoms with Gasteiger partial charge in [0, 0.05) is 31.2 Å². The summed E-state index contributed by atoms with van der Waals surface area (Å²) in [6, 6.07) is 15.9. The van der Waals surface area contributed by atoms with Crippen LogP contribution < -0.4 is 10.1 Å². The van der Waals surface area contributed by atoms with E-state index in [-0.39, 0.29) is 24.4 Å². The topological polar surface area (TPSA) is 41.6 Å². The second kappa shape index (κ2) is 8.88. The van der Waals surface area contributed by atoms with Gasteiger partial charge in [0.15, 0.2) is 0 Å². The number of hydrogen-bond acceptors (Lipinski definition) is 3. The van der Waals surface area contributed by atoms with Gasteiger partial charge in [0.25, 0.3) is 5.91 Å². The van der Waals surface area contributed by atoms with Gasteiger partial charge in [0.05, 0.1) is 0 Å². The van der Waals surface area contributed by atoms with Gasteiger partial charge in [0.1, 0.15) is 12.4 Å². The Hall–Kier alpha value is -2.04. The van der Waals surface area contributed by atoms with Gasteiger partial charge in [-0.15, -0.1) is 12.4 Å². The minimum absolute atomic E-state index is 0. The summed E-state index contributed by atoms with van der Waals surface area (Å²) < 4.78 is 5.87. The highest BCUT2D eigenvalue weighted by Gasteiger charge is 2.24. The van der Waals surface area contributed by atoms with Crippen molar-refractivity contribution in [2.24, 2.45) is 0 Å². The molecule has 3 rings (SSSR count). The van der Waals surface area contributed by atoms with E-state index >= 15 is 0 Å². The van der Waals surface area contributed by atoms with E-state index in [9.17, 15) is 4.79 Å². The maximum atomic E-state index is 12.7. The first-order valence-electron chi connectivity index (χ1n) is 8.43. The molecule has 0 bridgehead atoms. The summed E-state index contributed by atoms with van der Waals surface area (Å²) >= 11 is 0. The number of rotatable bonds is 4. The summed E-state index contributed by atoms with van der Waals surface area (Å²) in [6.07, 6.45) is 0. The quantitative estimate of drug-likeness (QED) is 0.908. The summed E-state index contributed by atoms with van der Waals surface area (Å²) in [4.78, 5) is 14.7. The van der Waals surface area contributed by atoms with E-state index in [2.05, 4.69) is 31.3 Å². The Morgan fingerprint density at radius 2 is 2.04 bits per heavy atom. The first kappa shape index (κ1) is 19.3. The van der Waals surface area contributed by atoms with E-state index < -0.39 is 0 Å². The van der Waals surface area contributed by atoms with Gasteiger partial charge in [0.2, 0.25) is 0 Å². The van der Waals surface area contributed by atoms with Crippen LogP contribution in [0.5, 0.6) is 5.75 Å². The lowest BCUT2D eigenvalue weighted by molar-refractivity contribution is 0.0655. The van der Waals surface area contributed by atoms with Crippen LogP contribution in [0.3, 0.4) is 0 Å². The maximum Gasteiger partial charge on any atom is 0.254 e. The molecule has 1 saturated heterocycles. The molecule has 0 saturated carbocycles. The van der Waals surface area contributed by atoms with Gasteiger partial charge in [-0.2, -0.15) is 0 Å². The number of ether oxygens (including phenoxy) is 1. The van der Waals surface area contributed by atoms with Gasteiger partial charge >= 0.3 is 0 Å². The Morgan fingerprint density at radius 3 is 2.80 bits per heavy atom. The minimum Gasteiger partial charge on any atom is -0.489 e. The summed E-state index contributed by atoms with van der Waals surface area (Å²) in [5, 5.41) is 3.31. The number of benzene rings is 2. The fraction of sp³-hybridized carbons (Fsp3) is 0.350. The number of amides is 1. The lowest BCUT2D eigenvalue weighted by atomic mass is 10.1. The highest BCUT2D eigenvalue weighted by molar-refractivity contribution is 5.94. The van der Waals surface area contributed by atoms with Crippen molar-refractivity contribution in [1.29, 1.82) is 0 Å². The second-order valence-corrected chi connectivity index (χ2v) is 6.36. The predicted molar refractivity (Wildman–Crippen MR) is 103 cm³/mol. The number of halogens is 1. The van der Waals surface area contributed by atoms with Crippen LogP contribution in [0.25, 0.3) is 0 Å². The van der Waals surface area contributed by atoms with Gasteiger partial charge in [-0.25, -0.2) is 0 Å². The normalized spacial score (nSPS) is 16.9. The number of nitrogens with one attached hydrogen (secondary N) is 1. The molecule has 2 aromatic rings. The number of piperazine rings is 1. The Bertz CT molecular complexity index is 720. The number of nitrogens with zero attached hydrogens (tertiary/aromatic N) is 1. The van der Waals surface area contributed by atoms with Crippen LogP contribution >= 0.6 is 12.4 Å². The molecule has 1 atom stereocenters. The molecule has 0 radical (unpaired) electrons. The van der Waals surface area contributed by atoms with E-state index in [1.54, 1.807) is 0 Å². The lowest BCUT2D eigenvalue weighted by Crippen LogP contribution is -2.52. The highest BCUT2D eigenvalue weighted by atomic mass is 35.5. The zero-order valence-electron chi connectivity index (χ0n) is 14.7. The van der Waals surface area contributed by atoms with Crippen molar-refractivity contribution in [2.75, 3.05) is 19.6 Å². The summed E-state index contributed by atoms with van der Waals surface area (Å²) in [6.45, 7) is 7.08. The van der Waals surface area contributed by atoms with Crippen LogP contribution in [0.1, 0.15) is 28.4 Å². The third-order valence-electron chi connectivity index (χ3n) is 4.33. The molecule has 1 N–H and O–H groups in total. The standard InChI is InChI=1S/C20H24N2O2.ClH/c1-15-5-3-6-17(11-15)14-24-19-8-4-7-18(12-19)20(23)22-10-9-21-13-16(22)2;/h3-8,11-12,16,21H,9-10,13-14H2,1-2H3;1H/t16-;/m0./s1. The molecular weight excluding hydrogens is 336 g/mol. The van der Waals surface area contributed by atoms with Crippen molar-refractivity contribution < 1.29 is 9.53 Å². The molecule has 1 aliphatic heterocycles. The van der Waals surface area contributed by atoms with Crippen LogP contribution in [0.15, 0.2) is 48.5 Å². The zero-order chi connectivity index (χ0) is 16.9. The number of carbonyl (C=O) groups excluding carboxylic acids is 1. The molecule has 1 aliphatic rings. The average molecular weight is 361 g/mol. The summed E-state index contributed by atoms with van der Waals surface area (Å²) in [7, 11) is 0. The Labute approximate surface area is 155 Å². The van der Waals surface area contributed by atoms with Crippen LogP contribution in [0.4, 0.5) is 0 Å². The predicted octanol–water partition coefficient (Wildman–Crippen LogP) is 3.43. The van der Waals surface area contributed by atoms with Gasteiger partial charge in [-0.3, -0.25) is 4.79 Å². The molecule has 0 unspecified atom stereocenters. The van der Waals surface area contributed by atoms with Crippen LogP contribution in [-0.2, 0) is 6.61 Å². The zero-order valence-corrected chi connectivity index (χ0v) is 15.5. The van der Waals surface area contributed by atoms with Crippen LogP contribution in [0.2, 0.25) is 0 Å². The Balaban J connectivity index is 0.00000225. The summed E-state index contributed by atoms with van der Waals surface area (Å²) in [5.41, 5.74) is 3.03. The average Bonchev–Trinajstić information content (AvgIpc) is 2.60. The van der Waals surface area contributed by atoms with E-state index in [4.69, 9.17) is 4.74 Å². The molecule has 2 aromatic carbocycles. The van der Waals surface area contributed by atoms with Gasteiger partial charge < -0.3 is 15.0 Å². The van der Waals surface area contributed by atoms with Crippen molar-refractivity contribution in [3.05, 3.63) is 65.2 Å². The lowest BCUT2D eigenvalue weighted by Gasteiger charge is -2.34. The molecule has 0 spiro atoms. The molecular formula is C20H25ClN2O2. The first-order chi connectivity index (χ1) is 11.6. The van der Waals surface area contributed by atoms with Gasteiger partial charge in [-0.05, 0) is 37.6 Å². The van der Waals surface area contributed by atoms with E-state index in [0.717, 1.165) is 30.9 Å². The molecule has 1 fully saturated rings. The van der Waals surface area contributed by atoms with Crippen molar-refractivity contribution >= 4 is 18.3 Å². The third-order valence-corrected chi connectivity index (χ3v) is 4.33. The number of hydrogen-bond donors (Lipinski definition) is 1. The van der Waals surface area contributed by atoms with Gasteiger partial charge in [-0.1, -0.05) is 35.9 Å². The van der Waals surface area contributed by atoms with E-state index in [1.807, 2.05) is 41.3 Å². The van der Waals surface area contributed by atoms with Crippen molar-refractivity contribution in [3.63, 3.8) is 0 Å². The molecule has 25 heavy (non-hydrogen) atoms. The SMILES string of the molecule is Cc1cccc(COc2cccc(C(=O)N3CCNC[C@@H]3C)c2)c1.Cl. The highest BCUT2D eigenvalue weighted by Crippen LogP contribution is 2.18. The monoisotopic (exact) mass is 360 g/mol. The number of carbonyl (C=O) groups is 1. The Morgan fingerprint density at radius 1 is 1.24 bits per heavy atom. The fourth-order valence-electron chi connectivity index (χ4n) is 3.00.